The van der Waals surface area contributed by atoms with Crippen LogP contribution in [0.1, 0.15) is 22.3 Å². The molecule has 0 radical (unpaired) electrons. The molecular weight excluding hydrogens is 290 g/mol. The molecule has 0 atom stereocenters. The summed E-state index contributed by atoms with van der Waals surface area (Å²) in [6, 6.07) is 13.2. The van der Waals surface area contributed by atoms with Gasteiger partial charge in [0.1, 0.15) is 11.3 Å². The van der Waals surface area contributed by atoms with E-state index >= 15 is 0 Å². The van der Waals surface area contributed by atoms with Crippen molar-refractivity contribution in [3.63, 3.8) is 0 Å². The summed E-state index contributed by atoms with van der Waals surface area (Å²) < 4.78 is 5.25. The van der Waals surface area contributed by atoms with Crippen molar-refractivity contribution < 1.29 is 9.52 Å². The molecule has 118 valence electrons. The first-order valence-corrected chi connectivity index (χ1v) is 7.56. The van der Waals surface area contributed by atoms with Crippen LogP contribution in [0.15, 0.2) is 51.7 Å². The maximum absolute atomic E-state index is 11.8. The minimum atomic E-state index is -0.404. The Bertz CT molecular complexity index is 895. The van der Waals surface area contributed by atoms with Gasteiger partial charge in [-0.05, 0) is 37.1 Å². The van der Waals surface area contributed by atoms with Gasteiger partial charge in [0.15, 0.2) is 0 Å². The second-order valence-electron chi connectivity index (χ2n) is 5.77. The molecule has 23 heavy (non-hydrogen) atoms. The SMILES string of the molecule is Cc1ccc(CNCc2cc(=O)oc3c(C)c(O)ccc23)cc1. The van der Waals surface area contributed by atoms with E-state index in [-0.39, 0.29) is 5.75 Å². The molecule has 0 aliphatic carbocycles. The number of aromatic hydroxyl groups is 1. The monoisotopic (exact) mass is 309 g/mol. The number of benzene rings is 2. The first-order valence-electron chi connectivity index (χ1n) is 7.56. The molecule has 0 bridgehead atoms. The normalized spacial score (nSPS) is 11.0. The number of rotatable bonds is 4. The van der Waals surface area contributed by atoms with Gasteiger partial charge in [-0.25, -0.2) is 4.79 Å². The summed E-state index contributed by atoms with van der Waals surface area (Å²) in [5, 5.41) is 14.0. The Hall–Kier alpha value is -2.59. The molecule has 0 saturated heterocycles. The van der Waals surface area contributed by atoms with Crippen molar-refractivity contribution in [1.82, 2.24) is 5.32 Å². The summed E-state index contributed by atoms with van der Waals surface area (Å²) in [4.78, 5) is 11.8. The highest BCUT2D eigenvalue weighted by Crippen LogP contribution is 2.27. The molecule has 1 heterocycles. The van der Waals surface area contributed by atoms with E-state index in [1.807, 2.05) is 0 Å². The highest BCUT2D eigenvalue weighted by Gasteiger charge is 2.10. The Morgan fingerprint density at radius 3 is 2.52 bits per heavy atom. The van der Waals surface area contributed by atoms with E-state index in [1.165, 1.54) is 17.2 Å². The van der Waals surface area contributed by atoms with Crippen LogP contribution in [0.4, 0.5) is 0 Å². The van der Waals surface area contributed by atoms with Gasteiger partial charge in [-0.1, -0.05) is 29.8 Å². The fraction of sp³-hybridized carbons (Fsp3) is 0.211. The van der Waals surface area contributed by atoms with E-state index in [2.05, 4.69) is 36.5 Å². The van der Waals surface area contributed by atoms with Gasteiger partial charge >= 0.3 is 5.63 Å². The number of phenolic OH excluding ortho intramolecular Hbond substituents is 1. The van der Waals surface area contributed by atoms with Gasteiger partial charge in [-0.15, -0.1) is 0 Å². The third-order valence-corrected chi connectivity index (χ3v) is 3.98. The molecule has 3 rings (SSSR count). The predicted molar refractivity (Wildman–Crippen MR) is 90.6 cm³/mol. The third-order valence-electron chi connectivity index (χ3n) is 3.98. The summed E-state index contributed by atoms with van der Waals surface area (Å²) >= 11 is 0. The van der Waals surface area contributed by atoms with Crippen molar-refractivity contribution in [2.75, 3.05) is 0 Å². The van der Waals surface area contributed by atoms with Crippen LogP contribution in [-0.4, -0.2) is 5.11 Å². The largest absolute Gasteiger partial charge is 0.508 e. The molecule has 4 heteroatoms. The molecule has 0 spiro atoms. The van der Waals surface area contributed by atoms with E-state index in [0.29, 0.717) is 17.7 Å². The van der Waals surface area contributed by atoms with Crippen molar-refractivity contribution in [2.45, 2.75) is 26.9 Å². The van der Waals surface area contributed by atoms with Crippen LogP contribution in [-0.2, 0) is 13.1 Å². The van der Waals surface area contributed by atoms with Crippen LogP contribution in [0.5, 0.6) is 5.75 Å². The standard InChI is InChI=1S/C19H19NO3/c1-12-3-5-14(6-4-12)10-20-11-15-9-18(22)23-19-13(2)17(21)8-7-16(15)19/h3-9,20-21H,10-11H2,1-2H3. The fourth-order valence-corrected chi connectivity index (χ4v) is 2.61. The number of aryl methyl sites for hydroxylation is 2. The zero-order valence-corrected chi connectivity index (χ0v) is 13.2. The number of nitrogens with one attached hydrogen (secondary N) is 1. The minimum absolute atomic E-state index is 0.130. The number of phenols is 1. The van der Waals surface area contributed by atoms with Gasteiger partial charge in [0, 0.05) is 30.1 Å². The van der Waals surface area contributed by atoms with E-state index in [4.69, 9.17) is 4.42 Å². The van der Waals surface area contributed by atoms with Crippen LogP contribution in [0.25, 0.3) is 11.0 Å². The highest BCUT2D eigenvalue weighted by atomic mass is 16.4. The van der Waals surface area contributed by atoms with E-state index in [1.54, 1.807) is 19.1 Å². The van der Waals surface area contributed by atoms with E-state index < -0.39 is 5.63 Å². The van der Waals surface area contributed by atoms with Gasteiger partial charge in [0.25, 0.3) is 0 Å². The maximum atomic E-state index is 11.8. The lowest BCUT2D eigenvalue weighted by Gasteiger charge is -2.09. The van der Waals surface area contributed by atoms with E-state index in [9.17, 15) is 9.90 Å². The second kappa shape index (κ2) is 6.26. The topological polar surface area (TPSA) is 62.5 Å². The van der Waals surface area contributed by atoms with Gasteiger partial charge in [0.2, 0.25) is 0 Å². The Morgan fingerprint density at radius 1 is 1.04 bits per heavy atom. The molecule has 0 fully saturated rings. The van der Waals surface area contributed by atoms with Crippen LogP contribution >= 0.6 is 0 Å². The molecule has 0 aliphatic heterocycles. The molecular formula is C19H19NO3. The maximum Gasteiger partial charge on any atom is 0.336 e. The lowest BCUT2D eigenvalue weighted by Crippen LogP contribution is -2.14. The smallest absolute Gasteiger partial charge is 0.336 e. The third kappa shape index (κ3) is 3.27. The summed E-state index contributed by atoms with van der Waals surface area (Å²) in [6.45, 7) is 5.08. The Morgan fingerprint density at radius 2 is 1.78 bits per heavy atom. The van der Waals surface area contributed by atoms with Gasteiger partial charge in [-0.3, -0.25) is 0 Å². The quantitative estimate of drug-likeness (QED) is 0.725. The van der Waals surface area contributed by atoms with Gasteiger partial charge < -0.3 is 14.8 Å². The molecule has 4 nitrogen and oxygen atoms in total. The first-order chi connectivity index (χ1) is 11.0. The van der Waals surface area contributed by atoms with Crippen molar-refractivity contribution in [3.05, 3.63) is 75.1 Å². The zero-order valence-electron chi connectivity index (χ0n) is 13.2. The molecule has 3 aromatic rings. The molecule has 2 aromatic carbocycles. The Balaban J connectivity index is 1.84. The lowest BCUT2D eigenvalue weighted by molar-refractivity contribution is 0.468. The lowest BCUT2D eigenvalue weighted by atomic mass is 10.1. The summed E-state index contributed by atoms with van der Waals surface area (Å²) in [5.74, 6) is 0.130. The number of fused-ring (bicyclic) bond motifs is 1. The molecule has 0 amide bonds. The summed E-state index contributed by atoms with van der Waals surface area (Å²) in [5.41, 5.74) is 3.92. The molecule has 0 aliphatic rings. The molecule has 0 unspecified atom stereocenters. The highest BCUT2D eigenvalue weighted by molar-refractivity contribution is 5.84. The van der Waals surface area contributed by atoms with Crippen molar-refractivity contribution in [2.24, 2.45) is 0 Å². The molecule has 0 saturated carbocycles. The first kappa shape index (κ1) is 15.3. The molecule has 2 N–H and O–H groups in total. The number of hydrogen-bond acceptors (Lipinski definition) is 4. The van der Waals surface area contributed by atoms with E-state index in [0.717, 1.165) is 17.5 Å². The van der Waals surface area contributed by atoms with Crippen LogP contribution in [0.3, 0.4) is 0 Å². The van der Waals surface area contributed by atoms with Gasteiger partial charge in [0.05, 0.1) is 0 Å². The predicted octanol–water partition coefficient (Wildman–Crippen LogP) is 3.41. The fourth-order valence-electron chi connectivity index (χ4n) is 2.61. The summed E-state index contributed by atoms with van der Waals surface area (Å²) in [6.07, 6.45) is 0. The van der Waals surface area contributed by atoms with Crippen molar-refractivity contribution in [3.8, 4) is 5.75 Å². The second-order valence-corrected chi connectivity index (χ2v) is 5.77. The van der Waals surface area contributed by atoms with Gasteiger partial charge in [-0.2, -0.15) is 0 Å². The summed E-state index contributed by atoms with van der Waals surface area (Å²) in [7, 11) is 0. The zero-order chi connectivity index (χ0) is 16.4. The van der Waals surface area contributed by atoms with Crippen LogP contribution < -0.4 is 10.9 Å². The van der Waals surface area contributed by atoms with Crippen LogP contribution in [0.2, 0.25) is 0 Å². The van der Waals surface area contributed by atoms with Crippen molar-refractivity contribution in [1.29, 1.82) is 0 Å². The Kier molecular flexibility index (Phi) is 4.17. The molecule has 1 aromatic heterocycles. The Labute approximate surface area is 134 Å². The number of hydrogen-bond donors (Lipinski definition) is 2. The van der Waals surface area contributed by atoms with Crippen molar-refractivity contribution >= 4 is 11.0 Å². The van der Waals surface area contributed by atoms with Crippen LogP contribution in [0, 0.1) is 13.8 Å². The average Bonchev–Trinajstić information content (AvgIpc) is 2.53. The average molecular weight is 309 g/mol. The minimum Gasteiger partial charge on any atom is -0.508 e.